The molecule has 0 saturated heterocycles. The first kappa shape index (κ1) is 15.4. The molecule has 0 unspecified atom stereocenters. The van der Waals surface area contributed by atoms with Crippen molar-refractivity contribution in [3.8, 4) is 17.0 Å². The zero-order chi connectivity index (χ0) is 13.8. The van der Waals surface area contributed by atoms with E-state index in [9.17, 15) is 0 Å². The third-order valence-electron chi connectivity index (χ3n) is 2.86. The highest BCUT2D eigenvalue weighted by Gasteiger charge is 2.05. The van der Waals surface area contributed by atoms with Gasteiger partial charge in [0.2, 0.25) is 0 Å². The minimum atomic E-state index is 0. The van der Waals surface area contributed by atoms with Crippen LogP contribution in [0.4, 0.5) is 5.69 Å². The van der Waals surface area contributed by atoms with E-state index in [0.717, 1.165) is 27.7 Å². The Bertz CT molecular complexity index is 683. The number of ether oxygens (including phenoxy) is 1. The molecule has 5 heteroatoms. The normalized spacial score (nSPS) is 9.90. The van der Waals surface area contributed by atoms with Crippen LogP contribution in [0.15, 0.2) is 60.0 Å². The molecule has 0 aliphatic rings. The molecule has 0 bridgehead atoms. The second-order valence-electron chi connectivity index (χ2n) is 4.35. The number of aromatic nitrogens is 1. The molecule has 108 valence electrons. The smallest absolute Gasteiger partial charge is 0.140 e. The van der Waals surface area contributed by atoms with Crippen molar-refractivity contribution in [3.63, 3.8) is 0 Å². The lowest BCUT2D eigenvalue weighted by Gasteiger charge is -2.02. The van der Waals surface area contributed by atoms with E-state index in [-0.39, 0.29) is 12.4 Å². The van der Waals surface area contributed by atoms with Crippen molar-refractivity contribution in [1.82, 2.24) is 4.98 Å². The van der Waals surface area contributed by atoms with Crippen LogP contribution in [0.2, 0.25) is 0 Å². The van der Waals surface area contributed by atoms with E-state index < -0.39 is 0 Å². The van der Waals surface area contributed by atoms with Gasteiger partial charge in [-0.1, -0.05) is 30.3 Å². The van der Waals surface area contributed by atoms with E-state index in [1.54, 1.807) is 11.3 Å². The van der Waals surface area contributed by atoms with Crippen molar-refractivity contribution in [3.05, 3.63) is 65.0 Å². The Labute approximate surface area is 133 Å². The number of para-hydroxylation sites is 1. The van der Waals surface area contributed by atoms with Gasteiger partial charge in [0.15, 0.2) is 0 Å². The highest BCUT2D eigenvalue weighted by Crippen LogP contribution is 2.23. The Hall–Kier alpha value is -2.04. The van der Waals surface area contributed by atoms with Crippen LogP contribution in [-0.2, 0) is 6.61 Å². The molecular formula is C16H15ClN2OS. The van der Waals surface area contributed by atoms with E-state index >= 15 is 0 Å². The number of nitrogen functional groups attached to an aromatic ring is 1. The zero-order valence-electron chi connectivity index (χ0n) is 11.2. The number of anilines is 1. The van der Waals surface area contributed by atoms with Crippen LogP contribution in [0.1, 0.15) is 5.01 Å². The van der Waals surface area contributed by atoms with Gasteiger partial charge in [-0.3, -0.25) is 0 Å². The Morgan fingerprint density at radius 2 is 1.71 bits per heavy atom. The highest BCUT2D eigenvalue weighted by molar-refractivity contribution is 7.09. The van der Waals surface area contributed by atoms with Crippen LogP contribution in [0.25, 0.3) is 11.3 Å². The first-order valence-electron chi connectivity index (χ1n) is 6.29. The third kappa shape index (κ3) is 3.97. The molecule has 3 rings (SSSR count). The van der Waals surface area contributed by atoms with Crippen LogP contribution in [0, 0.1) is 0 Å². The van der Waals surface area contributed by atoms with E-state index in [1.807, 2.05) is 60.0 Å². The predicted molar refractivity (Wildman–Crippen MR) is 90.0 cm³/mol. The first-order chi connectivity index (χ1) is 9.81. The number of hydrogen-bond acceptors (Lipinski definition) is 4. The van der Waals surface area contributed by atoms with Crippen LogP contribution >= 0.6 is 23.7 Å². The van der Waals surface area contributed by atoms with Crippen LogP contribution in [-0.4, -0.2) is 4.98 Å². The molecule has 0 spiro atoms. The fraction of sp³-hybridized carbons (Fsp3) is 0.0625. The van der Waals surface area contributed by atoms with Gasteiger partial charge in [-0.2, -0.15) is 0 Å². The monoisotopic (exact) mass is 318 g/mol. The van der Waals surface area contributed by atoms with Crippen molar-refractivity contribution in [2.45, 2.75) is 6.61 Å². The van der Waals surface area contributed by atoms with Crippen molar-refractivity contribution in [1.29, 1.82) is 0 Å². The molecule has 2 N–H and O–H groups in total. The lowest BCUT2D eigenvalue weighted by Crippen LogP contribution is -1.94. The molecule has 0 fully saturated rings. The summed E-state index contributed by atoms with van der Waals surface area (Å²) in [6.07, 6.45) is 0. The number of hydrogen-bond donors (Lipinski definition) is 1. The molecule has 0 atom stereocenters. The van der Waals surface area contributed by atoms with Gasteiger partial charge in [-0.25, -0.2) is 4.98 Å². The molecule has 0 saturated carbocycles. The van der Waals surface area contributed by atoms with E-state index in [0.29, 0.717) is 6.61 Å². The van der Waals surface area contributed by atoms with E-state index in [1.165, 1.54) is 0 Å². The maximum Gasteiger partial charge on any atom is 0.140 e. The SMILES string of the molecule is Cl.Nc1ccc(-c2csc(COc3ccccc3)n2)cc1. The van der Waals surface area contributed by atoms with Gasteiger partial charge in [0, 0.05) is 16.6 Å². The predicted octanol–water partition coefficient (Wildman–Crippen LogP) is 4.39. The molecular weight excluding hydrogens is 304 g/mol. The lowest BCUT2D eigenvalue weighted by atomic mass is 10.1. The molecule has 1 heterocycles. The largest absolute Gasteiger partial charge is 0.486 e. The molecule has 0 aliphatic heterocycles. The third-order valence-corrected chi connectivity index (χ3v) is 3.69. The molecule has 1 aromatic heterocycles. The summed E-state index contributed by atoms with van der Waals surface area (Å²) in [5.41, 5.74) is 8.48. The van der Waals surface area contributed by atoms with Gasteiger partial charge in [0.1, 0.15) is 17.4 Å². The standard InChI is InChI=1S/C16H14N2OS.ClH/c17-13-8-6-12(7-9-13)15-11-20-16(18-15)10-19-14-4-2-1-3-5-14;/h1-9,11H,10,17H2;1H. The number of nitrogens with two attached hydrogens (primary N) is 1. The average molecular weight is 319 g/mol. The van der Waals surface area contributed by atoms with Crippen LogP contribution in [0.3, 0.4) is 0 Å². The summed E-state index contributed by atoms with van der Waals surface area (Å²) in [5, 5.41) is 3.00. The highest BCUT2D eigenvalue weighted by atomic mass is 35.5. The van der Waals surface area contributed by atoms with Gasteiger partial charge in [0.25, 0.3) is 0 Å². The quantitative estimate of drug-likeness (QED) is 0.726. The Balaban J connectivity index is 0.00000161. The number of benzene rings is 2. The lowest BCUT2D eigenvalue weighted by molar-refractivity contribution is 0.305. The van der Waals surface area contributed by atoms with Crippen LogP contribution in [0.5, 0.6) is 5.75 Å². The van der Waals surface area contributed by atoms with Gasteiger partial charge in [-0.05, 0) is 24.3 Å². The number of halogens is 1. The Morgan fingerprint density at radius 1 is 1.00 bits per heavy atom. The summed E-state index contributed by atoms with van der Waals surface area (Å²) in [7, 11) is 0. The second kappa shape index (κ2) is 7.11. The Morgan fingerprint density at radius 3 is 2.43 bits per heavy atom. The number of rotatable bonds is 4. The summed E-state index contributed by atoms with van der Waals surface area (Å²) in [4.78, 5) is 4.58. The zero-order valence-corrected chi connectivity index (χ0v) is 12.9. The fourth-order valence-corrected chi connectivity index (χ4v) is 2.54. The van der Waals surface area contributed by atoms with Crippen molar-refractivity contribution < 1.29 is 4.74 Å². The Kier molecular flexibility index (Phi) is 5.20. The van der Waals surface area contributed by atoms with Gasteiger partial charge in [-0.15, -0.1) is 23.7 Å². The molecule has 3 aromatic rings. The molecule has 0 aliphatic carbocycles. The first-order valence-corrected chi connectivity index (χ1v) is 7.17. The van der Waals surface area contributed by atoms with Crippen molar-refractivity contribution in [2.24, 2.45) is 0 Å². The van der Waals surface area contributed by atoms with Crippen molar-refractivity contribution in [2.75, 3.05) is 5.73 Å². The molecule has 0 radical (unpaired) electrons. The van der Waals surface area contributed by atoms with Crippen LogP contribution < -0.4 is 10.5 Å². The van der Waals surface area contributed by atoms with E-state index in [2.05, 4.69) is 4.98 Å². The average Bonchev–Trinajstić information content (AvgIpc) is 2.96. The second-order valence-corrected chi connectivity index (χ2v) is 5.29. The van der Waals surface area contributed by atoms with Gasteiger partial charge in [0.05, 0.1) is 5.69 Å². The van der Waals surface area contributed by atoms with Gasteiger partial charge < -0.3 is 10.5 Å². The maximum atomic E-state index is 5.69. The summed E-state index contributed by atoms with van der Waals surface area (Å²) in [5.74, 6) is 0.858. The van der Waals surface area contributed by atoms with Gasteiger partial charge >= 0.3 is 0 Å². The topological polar surface area (TPSA) is 48.1 Å². The van der Waals surface area contributed by atoms with Crippen molar-refractivity contribution >= 4 is 29.4 Å². The summed E-state index contributed by atoms with van der Waals surface area (Å²) >= 11 is 1.60. The number of thiazole rings is 1. The molecule has 21 heavy (non-hydrogen) atoms. The minimum Gasteiger partial charge on any atom is -0.486 e. The summed E-state index contributed by atoms with van der Waals surface area (Å²) in [6.45, 7) is 0.490. The number of nitrogens with zero attached hydrogens (tertiary/aromatic N) is 1. The fourth-order valence-electron chi connectivity index (χ4n) is 1.83. The molecule has 2 aromatic carbocycles. The summed E-state index contributed by atoms with van der Waals surface area (Å²) in [6, 6.07) is 17.5. The molecule has 0 amide bonds. The summed E-state index contributed by atoms with van der Waals surface area (Å²) < 4.78 is 5.69. The van der Waals surface area contributed by atoms with E-state index in [4.69, 9.17) is 10.5 Å². The maximum absolute atomic E-state index is 5.69. The minimum absolute atomic E-state index is 0. The molecule has 3 nitrogen and oxygen atoms in total.